The minimum Gasteiger partial charge on any atom is -0.329 e. The summed E-state index contributed by atoms with van der Waals surface area (Å²) < 4.78 is 23.7. The van der Waals surface area contributed by atoms with E-state index in [1.807, 2.05) is 0 Å². The Hall–Kier alpha value is -0.130. The van der Waals surface area contributed by atoms with Crippen molar-refractivity contribution >= 4 is 9.84 Å². The van der Waals surface area contributed by atoms with E-state index < -0.39 is 14.6 Å². The maximum absolute atomic E-state index is 12.2. The van der Waals surface area contributed by atoms with Crippen LogP contribution in [0.5, 0.6) is 0 Å². The summed E-state index contributed by atoms with van der Waals surface area (Å²) >= 11 is 0. The molecule has 0 aromatic rings. The first-order chi connectivity index (χ1) is 8.73. The van der Waals surface area contributed by atoms with Gasteiger partial charge in [0.15, 0.2) is 9.84 Å². The van der Waals surface area contributed by atoms with Crippen LogP contribution in [0, 0.1) is 5.92 Å². The lowest BCUT2D eigenvalue weighted by atomic mass is 9.87. The van der Waals surface area contributed by atoms with Gasteiger partial charge in [0.2, 0.25) is 0 Å². The molecule has 0 aromatic carbocycles. The molecule has 2 N–H and O–H groups in total. The molecule has 4 nitrogen and oxygen atoms in total. The van der Waals surface area contributed by atoms with Crippen LogP contribution in [0.3, 0.4) is 0 Å². The van der Waals surface area contributed by atoms with Crippen LogP contribution in [-0.4, -0.2) is 49.5 Å². The molecule has 0 radical (unpaired) electrons. The van der Waals surface area contributed by atoms with E-state index in [1.54, 1.807) is 20.8 Å². The molecule has 2 unspecified atom stereocenters. The fourth-order valence-electron chi connectivity index (χ4n) is 2.85. The van der Waals surface area contributed by atoms with Gasteiger partial charge in [0.1, 0.15) is 0 Å². The minimum atomic E-state index is -3.04. The van der Waals surface area contributed by atoms with Gasteiger partial charge in [-0.05, 0) is 46.1 Å². The average Bonchev–Trinajstić information content (AvgIpc) is 2.34. The fraction of sp³-hybridized carbons (Fsp3) is 1.00. The summed E-state index contributed by atoms with van der Waals surface area (Å²) in [6, 6.07) is 0.355. The Morgan fingerprint density at radius 3 is 2.42 bits per heavy atom. The van der Waals surface area contributed by atoms with Crippen molar-refractivity contribution in [2.75, 3.05) is 25.4 Å². The molecule has 0 saturated carbocycles. The van der Waals surface area contributed by atoms with Crippen LogP contribution >= 0.6 is 0 Å². The van der Waals surface area contributed by atoms with Crippen LogP contribution in [0.1, 0.15) is 47.0 Å². The van der Waals surface area contributed by atoms with E-state index in [0.717, 1.165) is 19.4 Å². The van der Waals surface area contributed by atoms with E-state index in [1.165, 1.54) is 6.42 Å². The van der Waals surface area contributed by atoms with Crippen LogP contribution in [0.4, 0.5) is 0 Å². The van der Waals surface area contributed by atoms with Gasteiger partial charge in [0.05, 0.1) is 10.5 Å². The zero-order valence-electron chi connectivity index (χ0n) is 12.9. The van der Waals surface area contributed by atoms with E-state index in [2.05, 4.69) is 11.8 Å². The lowest BCUT2D eigenvalue weighted by molar-refractivity contribution is 0.102. The maximum Gasteiger partial charge on any atom is 0.156 e. The highest BCUT2D eigenvalue weighted by Crippen LogP contribution is 2.26. The van der Waals surface area contributed by atoms with Gasteiger partial charge in [-0.25, -0.2) is 8.42 Å². The van der Waals surface area contributed by atoms with Crippen molar-refractivity contribution < 1.29 is 8.42 Å². The van der Waals surface area contributed by atoms with Gasteiger partial charge in [-0.2, -0.15) is 0 Å². The lowest BCUT2D eigenvalue weighted by Gasteiger charge is -2.41. The zero-order chi connectivity index (χ0) is 14.7. The van der Waals surface area contributed by atoms with Gasteiger partial charge in [0, 0.05) is 19.1 Å². The van der Waals surface area contributed by atoms with Gasteiger partial charge in [-0.15, -0.1) is 0 Å². The number of hydrogen-bond acceptors (Lipinski definition) is 4. The molecule has 1 fully saturated rings. The number of sulfone groups is 1. The molecule has 19 heavy (non-hydrogen) atoms. The molecular weight excluding hydrogens is 260 g/mol. The second-order valence-electron chi connectivity index (χ2n) is 6.58. The first-order valence-corrected chi connectivity index (χ1v) is 9.04. The van der Waals surface area contributed by atoms with E-state index in [-0.39, 0.29) is 5.75 Å². The first kappa shape index (κ1) is 16.9. The lowest BCUT2D eigenvalue weighted by Crippen LogP contribution is -2.51. The van der Waals surface area contributed by atoms with Crippen LogP contribution in [-0.2, 0) is 9.84 Å². The average molecular weight is 290 g/mol. The first-order valence-electron chi connectivity index (χ1n) is 7.39. The standard InChI is InChI=1S/C14H30N2O2S/c1-5-12-7-6-8-16(13(12)11-15)9-10-19(17,18)14(2,3)4/h12-13H,5-11,15H2,1-4H3. The molecule has 0 bridgehead atoms. The largest absolute Gasteiger partial charge is 0.329 e. The summed E-state index contributed by atoms with van der Waals surface area (Å²) in [5.74, 6) is 0.861. The molecule has 0 amide bonds. The third kappa shape index (κ3) is 4.17. The Morgan fingerprint density at radius 1 is 1.32 bits per heavy atom. The molecule has 2 atom stereocenters. The second kappa shape index (κ2) is 6.55. The van der Waals surface area contributed by atoms with Crippen LogP contribution in [0.15, 0.2) is 0 Å². The monoisotopic (exact) mass is 290 g/mol. The maximum atomic E-state index is 12.2. The van der Waals surface area contributed by atoms with Gasteiger partial charge in [-0.3, -0.25) is 4.90 Å². The quantitative estimate of drug-likeness (QED) is 0.836. The molecule has 0 aromatic heterocycles. The smallest absolute Gasteiger partial charge is 0.156 e. The summed E-state index contributed by atoms with van der Waals surface area (Å²) in [5, 5.41) is 0. The predicted octanol–water partition coefficient (Wildman–Crippen LogP) is 1.65. The Labute approximate surface area is 118 Å². The van der Waals surface area contributed by atoms with Crippen LogP contribution in [0.25, 0.3) is 0 Å². The van der Waals surface area contributed by atoms with Crippen LogP contribution < -0.4 is 5.73 Å². The second-order valence-corrected chi connectivity index (χ2v) is 9.44. The number of nitrogens with two attached hydrogens (primary N) is 1. The van der Waals surface area contributed by atoms with Crippen molar-refractivity contribution in [3.8, 4) is 0 Å². The minimum absolute atomic E-state index is 0.240. The van der Waals surface area contributed by atoms with Crippen molar-refractivity contribution in [3.05, 3.63) is 0 Å². The third-order valence-corrected chi connectivity index (χ3v) is 6.97. The third-order valence-electron chi connectivity index (χ3n) is 4.38. The Bertz CT molecular complexity index is 373. The summed E-state index contributed by atoms with van der Waals surface area (Å²) in [6.45, 7) is 9.75. The summed E-state index contributed by atoms with van der Waals surface area (Å²) in [6.07, 6.45) is 3.51. The van der Waals surface area contributed by atoms with E-state index >= 15 is 0 Å². The van der Waals surface area contributed by atoms with Crippen molar-refractivity contribution in [2.45, 2.75) is 57.7 Å². The molecule has 1 rings (SSSR count). The van der Waals surface area contributed by atoms with Crippen molar-refractivity contribution in [3.63, 3.8) is 0 Å². The van der Waals surface area contributed by atoms with Gasteiger partial charge < -0.3 is 5.73 Å². The van der Waals surface area contributed by atoms with E-state index in [9.17, 15) is 8.42 Å². The zero-order valence-corrected chi connectivity index (χ0v) is 13.7. The van der Waals surface area contributed by atoms with Gasteiger partial charge in [-0.1, -0.05) is 13.3 Å². The molecule has 1 aliphatic heterocycles. The number of piperidine rings is 1. The molecule has 5 heteroatoms. The molecule has 114 valence electrons. The van der Waals surface area contributed by atoms with Crippen molar-refractivity contribution in [1.29, 1.82) is 0 Å². The topological polar surface area (TPSA) is 63.4 Å². The van der Waals surface area contributed by atoms with Gasteiger partial charge in [0.25, 0.3) is 0 Å². The van der Waals surface area contributed by atoms with Crippen molar-refractivity contribution in [1.82, 2.24) is 4.90 Å². The normalized spacial score (nSPS) is 26.6. The van der Waals surface area contributed by atoms with E-state index in [4.69, 9.17) is 5.73 Å². The van der Waals surface area contributed by atoms with E-state index in [0.29, 0.717) is 25.0 Å². The highest BCUT2D eigenvalue weighted by Gasteiger charge is 2.33. The molecular formula is C14H30N2O2S. The Kier molecular flexibility index (Phi) is 5.83. The fourth-order valence-corrected chi connectivity index (χ4v) is 3.94. The summed E-state index contributed by atoms with van der Waals surface area (Å²) in [5.41, 5.74) is 5.89. The summed E-state index contributed by atoms with van der Waals surface area (Å²) in [7, 11) is -3.04. The number of likely N-dealkylation sites (tertiary alicyclic amines) is 1. The van der Waals surface area contributed by atoms with Crippen LogP contribution in [0.2, 0.25) is 0 Å². The molecule has 1 aliphatic rings. The number of rotatable bonds is 5. The number of nitrogens with zero attached hydrogens (tertiary/aromatic N) is 1. The molecule has 1 saturated heterocycles. The SMILES string of the molecule is CCC1CCCN(CCS(=O)(=O)C(C)(C)C)C1CN. The number of hydrogen-bond donors (Lipinski definition) is 1. The van der Waals surface area contributed by atoms with Gasteiger partial charge >= 0.3 is 0 Å². The highest BCUT2D eigenvalue weighted by atomic mass is 32.2. The molecule has 0 aliphatic carbocycles. The molecule has 1 heterocycles. The summed E-state index contributed by atoms with van der Waals surface area (Å²) in [4.78, 5) is 2.29. The Balaban J connectivity index is 2.66. The molecule has 0 spiro atoms. The highest BCUT2D eigenvalue weighted by molar-refractivity contribution is 7.92. The Morgan fingerprint density at radius 2 is 1.95 bits per heavy atom. The van der Waals surface area contributed by atoms with Crippen molar-refractivity contribution in [2.24, 2.45) is 11.7 Å². The predicted molar refractivity (Wildman–Crippen MR) is 81.0 cm³/mol.